The predicted molar refractivity (Wildman–Crippen MR) is 105 cm³/mol. The average molecular weight is 443 g/mol. The number of esters is 1. The molecule has 156 valence electrons. The molecule has 0 radical (unpaired) electrons. The second-order valence-electron chi connectivity index (χ2n) is 6.36. The monoisotopic (exact) mass is 442 g/mol. The standard InChI is InChI=1S/C18H20ClFN4O4S/c1-28-18(25)13-2-4-14(22-9-13)10-23-29(26,27)24-7-6-21-11-17(24)12-3-5-16(20)15(19)8-12/h2-5,8-9,17,21,23H,6-7,10-11H2,1H3. The fourth-order valence-corrected chi connectivity index (χ4v) is 4.54. The van der Waals surface area contributed by atoms with Crippen LogP contribution in [-0.4, -0.2) is 50.4 Å². The number of hydrogen-bond donors (Lipinski definition) is 2. The van der Waals surface area contributed by atoms with Crippen LogP contribution in [0.1, 0.15) is 27.7 Å². The number of methoxy groups -OCH3 is 1. The van der Waals surface area contributed by atoms with Gasteiger partial charge in [0.2, 0.25) is 0 Å². The zero-order valence-electron chi connectivity index (χ0n) is 15.6. The molecule has 0 saturated carbocycles. The maximum Gasteiger partial charge on any atom is 0.339 e. The molecule has 1 aromatic heterocycles. The number of piperazine rings is 1. The molecule has 29 heavy (non-hydrogen) atoms. The van der Waals surface area contributed by atoms with Gasteiger partial charge in [0.1, 0.15) is 5.82 Å². The van der Waals surface area contributed by atoms with Crippen LogP contribution in [0.2, 0.25) is 5.02 Å². The summed E-state index contributed by atoms with van der Waals surface area (Å²) in [4.78, 5) is 15.5. The summed E-state index contributed by atoms with van der Waals surface area (Å²) >= 11 is 5.86. The van der Waals surface area contributed by atoms with Crippen molar-refractivity contribution >= 4 is 27.8 Å². The Morgan fingerprint density at radius 3 is 2.86 bits per heavy atom. The first-order valence-corrected chi connectivity index (χ1v) is 10.6. The van der Waals surface area contributed by atoms with Crippen molar-refractivity contribution in [3.8, 4) is 0 Å². The molecule has 2 N–H and O–H groups in total. The van der Waals surface area contributed by atoms with Gasteiger partial charge in [0.25, 0.3) is 10.2 Å². The summed E-state index contributed by atoms with van der Waals surface area (Å²) in [7, 11) is -2.59. The molecule has 0 bridgehead atoms. The molecule has 0 amide bonds. The number of pyridine rings is 1. The van der Waals surface area contributed by atoms with Gasteiger partial charge in [0.15, 0.2) is 0 Å². The highest BCUT2D eigenvalue weighted by atomic mass is 35.5. The second kappa shape index (κ2) is 9.14. The first-order valence-electron chi connectivity index (χ1n) is 8.77. The molecule has 1 fully saturated rings. The summed E-state index contributed by atoms with van der Waals surface area (Å²) in [6.07, 6.45) is 1.32. The van der Waals surface area contributed by atoms with Crippen LogP contribution in [0.5, 0.6) is 0 Å². The Bertz CT molecular complexity index is 988. The summed E-state index contributed by atoms with van der Waals surface area (Å²) in [5, 5.41) is 3.08. The number of ether oxygens (including phenoxy) is 1. The van der Waals surface area contributed by atoms with Crippen molar-refractivity contribution < 1.29 is 22.3 Å². The zero-order chi connectivity index (χ0) is 21.0. The molecule has 8 nitrogen and oxygen atoms in total. The smallest absolute Gasteiger partial charge is 0.339 e. The summed E-state index contributed by atoms with van der Waals surface area (Å²) in [5.74, 6) is -1.08. The molecule has 1 aromatic carbocycles. The number of rotatable bonds is 6. The second-order valence-corrected chi connectivity index (χ2v) is 8.48. The van der Waals surface area contributed by atoms with Crippen LogP contribution in [0, 0.1) is 5.82 Å². The van der Waals surface area contributed by atoms with E-state index in [2.05, 4.69) is 19.8 Å². The fraction of sp³-hybridized carbons (Fsp3) is 0.333. The molecule has 1 aliphatic heterocycles. The molecule has 1 saturated heterocycles. The van der Waals surface area contributed by atoms with Crippen molar-refractivity contribution in [2.45, 2.75) is 12.6 Å². The number of aromatic nitrogens is 1. The van der Waals surface area contributed by atoms with Gasteiger partial charge in [-0.05, 0) is 29.8 Å². The van der Waals surface area contributed by atoms with E-state index in [0.717, 1.165) is 0 Å². The first kappa shape index (κ1) is 21.6. The molecule has 1 unspecified atom stereocenters. The minimum atomic E-state index is -3.86. The molecule has 1 aliphatic rings. The van der Waals surface area contributed by atoms with Gasteiger partial charge >= 0.3 is 5.97 Å². The third-order valence-electron chi connectivity index (χ3n) is 4.51. The number of halogens is 2. The van der Waals surface area contributed by atoms with E-state index in [1.54, 1.807) is 6.07 Å². The lowest BCUT2D eigenvalue weighted by atomic mass is 10.1. The van der Waals surface area contributed by atoms with Crippen LogP contribution >= 0.6 is 11.6 Å². The molecule has 2 aromatic rings. The van der Waals surface area contributed by atoms with Gasteiger partial charge in [-0.3, -0.25) is 4.98 Å². The summed E-state index contributed by atoms with van der Waals surface area (Å²) in [6.45, 7) is 1.04. The third-order valence-corrected chi connectivity index (χ3v) is 6.37. The molecule has 1 atom stereocenters. The van der Waals surface area contributed by atoms with Gasteiger partial charge in [0, 0.05) is 25.8 Å². The van der Waals surface area contributed by atoms with E-state index in [1.807, 2.05) is 0 Å². The third kappa shape index (κ3) is 5.09. The zero-order valence-corrected chi connectivity index (χ0v) is 17.1. The number of benzene rings is 1. The Kier molecular flexibility index (Phi) is 6.81. The number of carbonyl (C=O) groups excluding carboxylic acids is 1. The van der Waals surface area contributed by atoms with Crippen molar-refractivity contribution in [3.63, 3.8) is 0 Å². The first-order chi connectivity index (χ1) is 13.8. The summed E-state index contributed by atoms with van der Waals surface area (Å²) < 4.78 is 47.7. The van der Waals surface area contributed by atoms with Crippen molar-refractivity contribution in [1.82, 2.24) is 19.3 Å². The van der Waals surface area contributed by atoms with Crippen LogP contribution < -0.4 is 10.0 Å². The Hall–Kier alpha value is -2.11. The van der Waals surface area contributed by atoms with Crippen LogP contribution in [-0.2, 0) is 21.5 Å². The highest BCUT2D eigenvalue weighted by Crippen LogP contribution is 2.28. The lowest BCUT2D eigenvalue weighted by Crippen LogP contribution is -2.52. The lowest BCUT2D eigenvalue weighted by molar-refractivity contribution is 0.0600. The Balaban J connectivity index is 1.74. The summed E-state index contributed by atoms with van der Waals surface area (Å²) in [6, 6.07) is 6.70. The average Bonchev–Trinajstić information content (AvgIpc) is 2.74. The van der Waals surface area contributed by atoms with Crippen LogP contribution in [0.3, 0.4) is 0 Å². The normalized spacial score (nSPS) is 17.8. The highest BCUT2D eigenvalue weighted by Gasteiger charge is 2.33. The van der Waals surface area contributed by atoms with Crippen molar-refractivity contribution in [3.05, 3.63) is 64.2 Å². The molecular weight excluding hydrogens is 423 g/mol. The number of hydrogen-bond acceptors (Lipinski definition) is 6. The Morgan fingerprint density at radius 1 is 1.41 bits per heavy atom. The SMILES string of the molecule is COC(=O)c1ccc(CNS(=O)(=O)N2CCNCC2c2ccc(F)c(Cl)c2)nc1. The Morgan fingerprint density at radius 2 is 2.21 bits per heavy atom. The molecule has 2 heterocycles. The van der Waals surface area contributed by atoms with Crippen molar-refractivity contribution in [2.75, 3.05) is 26.7 Å². The van der Waals surface area contributed by atoms with Gasteiger partial charge in [-0.1, -0.05) is 17.7 Å². The van der Waals surface area contributed by atoms with E-state index >= 15 is 0 Å². The van der Waals surface area contributed by atoms with E-state index in [-0.39, 0.29) is 23.7 Å². The number of nitrogens with one attached hydrogen (secondary N) is 2. The fourth-order valence-electron chi connectivity index (χ4n) is 2.99. The maximum atomic E-state index is 13.5. The lowest BCUT2D eigenvalue weighted by Gasteiger charge is -2.35. The van der Waals surface area contributed by atoms with E-state index in [9.17, 15) is 17.6 Å². The predicted octanol–water partition coefficient (Wildman–Crippen LogP) is 1.64. The minimum absolute atomic E-state index is 0.0510. The molecule has 0 aliphatic carbocycles. The van der Waals surface area contributed by atoms with E-state index in [4.69, 9.17) is 11.6 Å². The quantitative estimate of drug-likeness (QED) is 0.660. The number of nitrogens with zero attached hydrogens (tertiary/aromatic N) is 2. The summed E-state index contributed by atoms with van der Waals surface area (Å²) in [5.41, 5.74) is 1.31. The molecular formula is C18H20ClFN4O4S. The van der Waals surface area contributed by atoms with Crippen LogP contribution in [0.4, 0.5) is 4.39 Å². The minimum Gasteiger partial charge on any atom is -0.465 e. The van der Waals surface area contributed by atoms with Gasteiger partial charge in [0.05, 0.1) is 36.0 Å². The van der Waals surface area contributed by atoms with Gasteiger partial charge in [-0.2, -0.15) is 17.4 Å². The number of carbonyl (C=O) groups is 1. The molecule has 11 heteroatoms. The molecule has 3 rings (SSSR count). The van der Waals surface area contributed by atoms with Gasteiger partial charge in [-0.25, -0.2) is 9.18 Å². The topological polar surface area (TPSA) is 101 Å². The molecule has 0 spiro atoms. The van der Waals surface area contributed by atoms with Crippen molar-refractivity contribution in [2.24, 2.45) is 0 Å². The maximum absolute atomic E-state index is 13.5. The van der Waals surface area contributed by atoms with Gasteiger partial charge < -0.3 is 10.1 Å². The van der Waals surface area contributed by atoms with Crippen LogP contribution in [0.15, 0.2) is 36.5 Å². The van der Waals surface area contributed by atoms with E-state index in [1.165, 1.54) is 41.9 Å². The van der Waals surface area contributed by atoms with Gasteiger partial charge in [-0.15, -0.1) is 0 Å². The van der Waals surface area contributed by atoms with Crippen molar-refractivity contribution in [1.29, 1.82) is 0 Å². The largest absolute Gasteiger partial charge is 0.465 e. The Labute approximate surface area is 173 Å². The van der Waals surface area contributed by atoms with E-state index < -0.39 is 28.0 Å². The van der Waals surface area contributed by atoms with E-state index in [0.29, 0.717) is 24.3 Å². The highest BCUT2D eigenvalue weighted by molar-refractivity contribution is 7.87. The van der Waals surface area contributed by atoms with Crippen LogP contribution in [0.25, 0.3) is 0 Å².